The van der Waals surface area contributed by atoms with Crippen LogP contribution in [-0.4, -0.2) is 16.8 Å². The summed E-state index contributed by atoms with van der Waals surface area (Å²) in [4.78, 5) is 15.0. The SMILES string of the molecule is CC(C)=Nc1cc(C(=O)O)ccc1C. The number of hydrogen-bond acceptors (Lipinski definition) is 2. The highest BCUT2D eigenvalue weighted by molar-refractivity contribution is 5.90. The lowest BCUT2D eigenvalue weighted by Crippen LogP contribution is -1.95. The molecule has 0 radical (unpaired) electrons. The van der Waals surface area contributed by atoms with E-state index in [2.05, 4.69) is 4.99 Å². The van der Waals surface area contributed by atoms with Gasteiger partial charge in [-0.05, 0) is 38.5 Å². The molecule has 0 aliphatic rings. The second-order valence-electron chi connectivity index (χ2n) is 3.37. The maximum Gasteiger partial charge on any atom is 0.335 e. The van der Waals surface area contributed by atoms with Crippen LogP contribution in [0.4, 0.5) is 5.69 Å². The van der Waals surface area contributed by atoms with Crippen LogP contribution in [0.15, 0.2) is 23.2 Å². The van der Waals surface area contributed by atoms with E-state index in [1.54, 1.807) is 18.2 Å². The van der Waals surface area contributed by atoms with Crippen molar-refractivity contribution in [2.75, 3.05) is 0 Å². The topological polar surface area (TPSA) is 49.7 Å². The van der Waals surface area contributed by atoms with Crippen molar-refractivity contribution < 1.29 is 9.90 Å². The Balaban J connectivity index is 3.22. The first kappa shape index (κ1) is 10.4. The summed E-state index contributed by atoms with van der Waals surface area (Å²) in [7, 11) is 0. The Bertz CT molecular complexity index is 390. The quantitative estimate of drug-likeness (QED) is 0.731. The van der Waals surface area contributed by atoms with Crippen LogP contribution in [0, 0.1) is 6.92 Å². The minimum Gasteiger partial charge on any atom is -0.478 e. The van der Waals surface area contributed by atoms with E-state index in [1.165, 1.54) is 0 Å². The van der Waals surface area contributed by atoms with Gasteiger partial charge in [-0.25, -0.2) is 4.79 Å². The molecule has 0 amide bonds. The molecule has 0 saturated carbocycles. The molecule has 1 rings (SSSR count). The van der Waals surface area contributed by atoms with Gasteiger partial charge in [0.25, 0.3) is 0 Å². The fourth-order valence-corrected chi connectivity index (χ4v) is 1.10. The predicted molar refractivity (Wildman–Crippen MR) is 56.6 cm³/mol. The van der Waals surface area contributed by atoms with E-state index in [0.717, 1.165) is 17.0 Å². The van der Waals surface area contributed by atoms with Crippen LogP contribution in [0.25, 0.3) is 0 Å². The first-order valence-electron chi connectivity index (χ1n) is 4.36. The van der Waals surface area contributed by atoms with Crippen LogP contribution in [0.5, 0.6) is 0 Å². The lowest BCUT2D eigenvalue weighted by Gasteiger charge is -2.02. The van der Waals surface area contributed by atoms with Crippen LogP contribution in [0.3, 0.4) is 0 Å². The monoisotopic (exact) mass is 191 g/mol. The molecule has 74 valence electrons. The summed E-state index contributed by atoms with van der Waals surface area (Å²) in [6.45, 7) is 5.67. The second kappa shape index (κ2) is 4.05. The molecule has 3 heteroatoms. The smallest absolute Gasteiger partial charge is 0.335 e. The molecule has 1 aromatic rings. The van der Waals surface area contributed by atoms with Crippen molar-refractivity contribution in [3.63, 3.8) is 0 Å². The molecular formula is C11H13NO2. The third-order valence-electron chi connectivity index (χ3n) is 1.80. The summed E-state index contributed by atoms with van der Waals surface area (Å²) in [6.07, 6.45) is 0. The number of carboxylic acids is 1. The molecule has 1 N–H and O–H groups in total. The van der Waals surface area contributed by atoms with Gasteiger partial charge in [-0.3, -0.25) is 4.99 Å². The van der Waals surface area contributed by atoms with Gasteiger partial charge in [-0.15, -0.1) is 0 Å². The first-order valence-corrected chi connectivity index (χ1v) is 4.36. The molecular weight excluding hydrogens is 178 g/mol. The van der Waals surface area contributed by atoms with Crippen LogP contribution in [0.2, 0.25) is 0 Å². The Hall–Kier alpha value is -1.64. The van der Waals surface area contributed by atoms with Crippen molar-refractivity contribution in [2.24, 2.45) is 4.99 Å². The second-order valence-corrected chi connectivity index (χ2v) is 3.37. The standard InChI is InChI=1S/C11H13NO2/c1-7(2)12-10-6-9(11(13)14)5-4-8(10)3/h4-6H,1-3H3,(H,13,14). The number of aryl methyl sites for hydroxylation is 1. The summed E-state index contributed by atoms with van der Waals surface area (Å²) in [5.41, 5.74) is 2.90. The largest absolute Gasteiger partial charge is 0.478 e. The lowest BCUT2D eigenvalue weighted by atomic mass is 10.1. The number of aromatic carboxylic acids is 1. The van der Waals surface area contributed by atoms with Gasteiger partial charge < -0.3 is 5.11 Å². The lowest BCUT2D eigenvalue weighted by molar-refractivity contribution is 0.0697. The molecule has 0 aliphatic carbocycles. The molecule has 0 heterocycles. The van der Waals surface area contributed by atoms with Gasteiger partial charge in [0.1, 0.15) is 0 Å². The van der Waals surface area contributed by atoms with Crippen molar-refractivity contribution in [3.8, 4) is 0 Å². The van der Waals surface area contributed by atoms with Gasteiger partial charge >= 0.3 is 5.97 Å². The van der Waals surface area contributed by atoms with E-state index in [4.69, 9.17) is 5.11 Å². The van der Waals surface area contributed by atoms with Gasteiger partial charge in [0.2, 0.25) is 0 Å². The van der Waals surface area contributed by atoms with Crippen molar-refractivity contribution in [3.05, 3.63) is 29.3 Å². The van der Waals surface area contributed by atoms with Gasteiger partial charge in [0.05, 0.1) is 11.3 Å². The Morgan fingerprint density at radius 1 is 1.36 bits per heavy atom. The van der Waals surface area contributed by atoms with Crippen molar-refractivity contribution in [2.45, 2.75) is 20.8 Å². The molecule has 0 aromatic heterocycles. The molecule has 3 nitrogen and oxygen atoms in total. The van der Waals surface area contributed by atoms with Crippen molar-refractivity contribution >= 4 is 17.4 Å². The van der Waals surface area contributed by atoms with E-state index in [0.29, 0.717) is 0 Å². The molecule has 14 heavy (non-hydrogen) atoms. The van der Waals surface area contributed by atoms with Crippen molar-refractivity contribution in [1.82, 2.24) is 0 Å². The molecule has 1 aromatic carbocycles. The highest BCUT2D eigenvalue weighted by Gasteiger charge is 2.04. The van der Waals surface area contributed by atoms with Gasteiger partial charge in [-0.2, -0.15) is 0 Å². The molecule has 0 bridgehead atoms. The predicted octanol–water partition coefficient (Wildman–Crippen LogP) is 2.81. The molecule has 0 aliphatic heterocycles. The number of carbonyl (C=O) groups is 1. The molecule has 0 saturated heterocycles. The Morgan fingerprint density at radius 2 is 2.00 bits per heavy atom. The number of hydrogen-bond donors (Lipinski definition) is 1. The molecule has 0 fully saturated rings. The molecule has 0 spiro atoms. The number of carboxylic acid groups (broad SMARTS) is 1. The summed E-state index contributed by atoms with van der Waals surface area (Å²) in [5, 5.41) is 8.79. The average molecular weight is 191 g/mol. The van der Waals surface area contributed by atoms with Crippen molar-refractivity contribution in [1.29, 1.82) is 0 Å². The summed E-state index contributed by atoms with van der Waals surface area (Å²) >= 11 is 0. The highest BCUT2D eigenvalue weighted by Crippen LogP contribution is 2.20. The van der Waals surface area contributed by atoms with E-state index >= 15 is 0 Å². The van der Waals surface area contributed by atoms with E-state index in [1.807, 2.05) is 20.8 Å². The van der Waals surface area contributed by atoms with Gasteiger partial charge in [0.15, 0.2) is 0 Å². The number of aliphatic imine (C=N–C) groups is 1. The average Bonchev–Trinajstić information content (AvgIpc) is 2.07. The summed E-state index contributed by atoms with van der Waals surface area (Å²) in [5.74, 6) is -0.921. The van der Waals surface area contributed by atoms with Crippen LogP contribution in [-0.2, 0) is 0 Å². The highest BCUT2D eigenvalue weighted by atomic mass is 16.4. The summed E-state index contributed by atoms with van der Waals surface area (Å²) < 4.78 is 0. The van der Waals surface area contributed by atoms with E-state index in [9.17, 15) is 4.79 Å². The normalized spacial score (nSPS) is 9.64. The summed E-state index contributed by atoms with van der Waals surface area (Å²) in [6, 6.07) is 4.94. The maximum atomic E-state index is 10.7. The fourth-order valence-electron chi connectivity index (χ4n) is 1.10. The molecule has 0 unspecified atom stereocenters. The van der Waals surface area contributed by atoms with E-state index in [-0.39, 0.29) is 5.56 Å². The van der Waals surface area contributed by atoms with Crippen LogP contribution >= 0.6 is 0 Å². The zero-order chi connectivity index (χ0) is 10.7. The first-order chi connectivity index (χ1) is 6.50. The Morgan fingerprint density at radius 3 is 2.50 bits per heavy atom. The fraction of sp³-hybridized carbons (Fsp3) is 0.273. The van der Waals surface area contributed by atoms with Gasteiger partial charge in [-0.1, -0.05) is 6.07 Å². The van der Waals surface area contributed by atoms with Crippen LogP contribution < -0.4 is 0 Å². The van der Waals surface area contributed by atoms with Crippen LogP contribution in [0.1, 0.15) is 29.8 Å². The van der Waals surface area contributed by atoms with E-state index < -0.39 is 5.97 Å². The minimum atomic E-state index is -0.921. The van der Waals surface area contributed by atoms with Gasteiger partial charge in [0, 0.05) is 5.71 Å². The third kappa shape index (κ3) is 2.42. The molecule has 0 atom stereocenters. The number of benzene rings is 1. The third-order valence-corrected chi connectivity index (χ3v) is 1.80. The minimum absolute atomic E-state index is 0.274. The number of rotatable bonds is 2. The Kier molecular flexibility index (Phi) is 3.02. The number of nitrogens with zero attached hydrogens (tertiary/aromatic N) is 1. The maximum absolute atomic E-state index is 10.7. The zero-order valence-electron chi connectivity index (χ0n) is 8.53. The Labute approximate surface area is 83.1 Å². The zero-order valence-corrected chi connectivity index (χ0v) is 8.53.